The molecule has 3 rings (SSSR count). The van der Waals surface area contributed by atoms with Gasteiger partial charge in [0, 0.05) is 18.8 Å². The SMILES string of the molecule is C[C@@H](OC(=O)C1=COCCO1)C(=O)Nc1ccc(S(=O)(=O)N2CCOCC2)cc1. The summed E-state index contributed by atoms with van der Waals surface area (Å²) >= 11 is 0. The molecule has 0 radical (unpaired) electrons. The molecule has 0 saturated carbocycles. The third-order valence-electron chi connectivity index (χ3n) is 4.23. The van der Waals surface area contributed by atoms with Gasteiger partial charge < -0.3 is 24.3 Å². The van der Waals surface area contributed by atoms with Gasteiger partial charge in [-0.2, -0.15) is 4.31 Å². The zero-order chi connectivity index (χ0) is 20.9. The largest absolute Gasteiger partial charge is 0.493 e. The molecule has 1 amide bonds. The number of hydrogen-bond donors (Lipinski definition) is 1. The molecule has 1 saturated heterocycles. The lowest BCUT2D eigenvalue weighted by atomic mass is 10.3. The maximum atomic E-state index is 12.6. The second-order valence-electron chi connectivity index (χ2n) is 6.28. The van der Waals surface area contributed by atoms with Crippen LogP contribution in [0.15, 0.2) is 41.2 Å². The number of benzene rings is 1. The van der Waals surface area contributed by atoms with Crippen LogP contribution in [0.25, 0.3) is 0 Å². The van der Waals surface area contributed by atoms with Crippen LogP contribution in [0.2, 0.25) is 0 Å². The first-order chi connectivity index (χ1) is 13.9. The number of hydrogen-bond acceptors (Lipinski definition) is 8. The van der Waals surface area contributed by atoms with E-state index < -0.39 is 28.0 Å². The summed E-state index contributed by atoms with van der Waals surface area (Å²) < 4.78 is 46.8. The summed E-state index contributed by atoms with van der Waals surface area (Å²) in [5.74, 6) is -1.48. The number of carbonyl (C=O) groups is 2. The first-order valence-corrected chi connectivity index (χ1v) is 10.5. The summed E-state index contributed by atoms with van der Waals surface area (Å²) in [4.78, 5) is 24.3. The maximum absolute atomic E-state index is 12.6. The van der Waals surface area contributed by atoms with E-state index in [1.807, 2.05) is 0 Å². The molecule has 1 fully saturated rings. The average Bonchev–Trinajstić information content (AvgIpc) is 2.75. The van der Waals surface area contributed by atoms with Gasteiger partial charge in [0.05, 0.1) is 18.1 Å². The van der Waals surface area contributed by atoms with E-state index in [4.69, 9.17) is 18.9 Å². The Hall–Kier alpha value is -2.63. The third-order valence-corrected chi connectivity index (χ3v) is 6.15. The van der Waals surface area contributed by atoms with Gasteiger partial charge in [0.1, 0.15) is 19.5 Å². The van der Waals surface area contributed by atoms with Gasteiger partial charge in [-0.05, 0) is 31.2 Å². The van der Waals surface area contributed by atoms with Crippen molar-refractivity contribution in [1.29, 1.82) is 0 Å². The van der Waals surface area contributed by atoms with E-state index in [-0.39, 0.29) is 17.3 Å². The van der Waals surface area contributed by atoms with Crippen molar-refractivity contribution in [2.45, 2.75) is 17.9 Å². The molecule has 1 atom stereocenters. The molecule has 0 spiro atoms. The van der Waals surface area contributed by atoms with Crippen molar-refractivity contribution >= 4 is 27.6 Å². The van der Waals surface area contributed by atoms with Crippen LogP contribution >= 0.6 is 0 Å². The van der Waals surface area contributed by atoms with Crippen molar-refractivity contribution in [3.8, 4) is 0 Å². The van der Waals surface area contributed by atoms with E-state index in [1.165, 1.54) is 35.5 Å². The summed E-state index contributed by atoms with van der Waals surface area (Å²) in [6, 6.07) is 5.77. The predicted octanol–water partition coefficient (Wildman–Crippen LogP) is 0.466. The van der Waals surface area contributed by atoms with Gasteiger partial charge in [-0.3, -0.25) is 4.79 Å². The molecule has 10 nitrogen and oxygen atoms in total. The summed E-state index contributed by atoms with van der Waals surface area (Å²) in [5, 5.41) is 2.57. The highest BCUT2D eigenvalue weighted by molar-refractivity contribution is 7.89. The van der Waals surface area contributed by atoms with Crippen molar-refractivity contribution in [3.05, 3.63) is 36.3 Å². The predicted molar refractivity (Wildman–Crippen MR) is 100 cm³/mol. The molecule has 1 aromatic carbocycles. The van der Waals surface area contributed by atoms with Crippen LogP contribution < -0.4 is 5.32 Å². The maximum Gasteiger partial charge on any atom is 0.377 e. The topological polar surface area (TPSA) is 120 Å². The van der Waals surface area contributed by atoms with Crippen LogP contribution in [-0.2, 0) is 38.6 Å². The van der Waals surface area contributed by atoms with E-state index in [2.05, 4.69) is 5.32 Å². The van der Waals surface area contributed by atoms with E-state index in [0.717, 1.165) is 6.26 Å². The molecule has 0 aliphatic carbocycles. The number of anilines is 1. The number of ether oxygens (including phenoxy) is 4. The van der Waals surface area contributed by atoms with Gasteiger partial charge in [0.2, 0.25) is 15.8 Å². The van der Waals surface area contributed by atoms with Gasteiger partial charge in [0.15, 0.2) is 6.10 Å². The van der Waals surface area contributed by atoms with Gasteiger partial charge in [-0.15, -0.1) is 0 Å². The smallest absolute Gasteiger partial charge is 0.377 e. The molecule has 0 unspecified atom stereocenters. The van der Waals surface area contributed by atoms with Crippen molar-refractivity contribution in [2.24, 2.45) is 0 Å². The Balaban J connectivity index is 1.58. The van der Waals surface area contributed by atoms with Crippen molar-refractivity contribution < 1.29 is 37.0 Å². The monoisotopic (exact) mass is 426 g/mol. The fourth-order valence-electron chi connectivity index (χ4n) is 2.64. The Morgan fingerprint density at radius 3 is 2.41 bits per heavy atom. The molecule has 2 aliphatic rings. The Kier molecular flexibility index (Phi) is 6.72. The van der Waals surface area contributed by atoms with Gasteiger partial charge in [0.25, 0.3) is 5.91 Å². The minimum Gasteiger partial charge on any atom is -0.493 e. The van der Waals surface area contributed by atoms with Gasteiger partial charge in [-0.1, -0.05) is 0 Å². The molecule has 0 aromatic heterocycles. The highest BCUT2D eigenvalue weighted by Crippen LogP contribution is 2.20. The number of nitrogens with one attached hydrogen (secondary N) is 1. The lowest BCUT2D eigenvalue weighted by Gasteiger charge is -2.26. The minimum atomic E-state index is -3.61. The van der Waals surface area contributed by atoms with Crippen LogP contribution in [0, 0.1) is 0 Å². The van der Waals surface area contributed by atoms with Crippen molar-refractivity contribution in [2.75, 3.05) is 44.8 Å². The molecule has 2 aliphatic heterocycles. The third kappa shape index (κ3) is 5.25. The normalized spacial score (nSPS) is 18.6. The molecule has 158 valence electrons. The number of esters is 1. The number of rotatable bonds is 6. The zero-order valence-corrected chi connectivity index (χ0v) is 16.6. The minimum absolute atomic E-state index is 0.103. The molecule has 0 bridgehead atoms. The second kappa shape index (κ2) is 9.25. The van der Waals surface area contributed by atoms with E-state index in [0.29, 0.717) is 38.6 Å². The van der Waals surface area contributed by atoms with Crippen molar-refractivity contribution in [1.82, 2.24) is 4.31 Å². The standard InChI is InChI=1S/C18H22N2O8S/c1-13(28-18(22)16-12-26-10-11-27-16)17(21)19-14-2-4-15(5-3-14)29(23,24)20-6-8-25-9-7-20/h2-5,12-13H,6-11H2,1H3,(H,19,21)/t13-/m1/s1. The van der Waals surface area contributed by atoms with Gasteiger partial charge in [-0.25, -0.2) is 13.2 Å². The van der Waals surface area contributed by atoms with Crippen molar-refractivity contribution in [3.63, 3.8) is 0 Å². The first-order valence-electron chi connectivity index (χ1n) is 9.02. The highest BCUT2D eigenvalue weighted by atomic mass is 32.2. The number of nitrogens with zero attached hydrogens (tertiary/aromatic N) is 1. The Labute approximate surface area is 168 Å². The fraction of sp³-hybridized carbons (Fsp3) is 0.444. The van der Waals surface area contributed by atoms with E-state index in [1.54, 1.807) is 0 Å². The lowest BCUT2D eigenvalue weighted by Crippen LogP contribution is -2.40. The molecular weight excluding hydrogens is 404 g/mol. The Morgan fingerprint density at radius 2 is 1.79 bits per heavy atom. The molecule has 29 heavy (non-hydrogen) atoms. The first kappa shape index (κ1) is 21.1. The van der Waals surface area contributed by atoms with Crippen LogP contribution in [-0.4, -0.2) is 70.2 Å². The van der Waals surface area contributed by atoms with Crippen LogP contribution in [0.3, 0.4) is 0 Å². The molecular formula is C18H22N2O8S. The Bertz CT molecular complexity index is 876. The zero-order valence-electron chi connectivity index (χ0n) is 15.8. The molecule has 1 aromatic rings. The fourth-order valence-corrected chi connectivity index (χ4v) is 4.05. The average molecular weight is 426 g/mol. The summed E-state index contributed by atoms with van der Waals surface area (Å²) in [7, 11) is -3.61. The summed E-state index contributed by atoms with van der Waals surface area (Å²) in [6.45, 7) is 3.29. The summed E-state index contributed by atoms with van der Waals surface area (Å²) in [6.07, 6.45) is 0.0510. The highest BCUT2D eigenvalue weighted by Gasteiger charge is 2.27. The number of amides is 1. The van der Waals surface area contributed by atoms with E-state index in [9.17, 15) is 18.0 Å². The summed E-state index contributed by atoms with van der Waals surface area (Å²) in [5.41, 5.74) is 0.371. The number of morpholine rings is 1. The van der Waals surface area contributed by atoms with Crippen LogP contribution in [0.1, 0.15) is 6.92 Å². The quantitative estimate of drug-likeness (QED) is 0.652. The Morgan fingerprint density at radius 1 is 1.10 bits per heavy atom. The van der Waals surface area contributed by atoms with E-state index >= 15 is 0 Å². The molecule has 2 heterocycles. The molecule has 1 N–H and O–H groups in total. The number of carbonyl (C=O) groups excluding carboxylic acids is 2. The molecule has 11 heteroatoms. The number of sulfonamides is 1. The van der Waals surface area contributed by atoms with Crippen LogP contribution in [0.4, 0.5) is 5.69 Å². The second-order valence-corrected chi connectivity index (χ2v) is 8.22. The van der Waals surface area contributed by atoms with Gasteiger partial charge >= 0.3 is 5.97 Å². The van der Waals surface area contributed by atoms with Crippen LogP contribution in [0.5, 0.6) is 0 Å². The lowest BCUT2D eigenvalue weighted by molar-refractivity contribution is -0.153.